The number of para-hydroxylation sites is 2. The lowest BCUT2D eigenvalue weighted by molar-refractivity contribution is 0.0996. The maximum Gasteiger partial charge on any atom is 0.268 e. The molecule has 7 heteroatoms. The molecule has 0 radical (unpaired) electrons. The third-order valence-electron chi connectivity index (χ3n) is 3.27. The molecule has 0 spiro atoms. The average molecular weight is 301 g/mol. The minimum absolute atomic E-state index is 0.315. The fourth-order valence-corrected chi connectivity index (χ4v) is 2.90. The monoisotopic (exact) mass is 301 g/mol. The zero-order valence-corrected chi connectivity index (χ0v) is 12.4. The number of rotatable bonds is 5. The summed E-state index contributed by atoms with van der Waals surface area (Å²) in [4.78, 5) is 21.7. The number of nitrogens with zero attached hydrogens (tertiary/aromatic N) is 4. The van der Waals surface area contributed by atoms with Crippen molar-refractivity contribution in [3.8, 4) is 0 Å². The van der Waals surface area contributed by atoms with E-state index in [2.05, 4.69) is 20.6 Å². The van der Waals surface area contributed by atoms with Gasteiger partial charge in [-0.25, -0.2) is 9.97 Å². The van der Waals surface area contributed by atoms with Gasteiger partial charge < -0.3 is 15.2 Å². The minimum Gasteiger partial charge on any atom is -0.364 e. The van der Waals surface area contributed by atoms with Crippen molar-refractivity contribution in [1.29, 1.82) is 0 Å². The molecule has 2 aromatic heterocycles. The summed E-state index contributed by atoms with van der Waals surface area (Å²) in [6.45, 7) is 1.56. The molecule has 0 unspecified atom stereocenters. The van der Waals surface area contributed by atoms with E-state index in [4.69, 9.17) is 5.73 Å². The summed E-state index contributed by atoms with van der Waals surface area (Å²) in [6, 6.07) is 8.03. The summed E-state index contributed by atoms with van der Waals surface area (Å²) in [5.41, 5.74) is 7.63. The van der Waals surface area contributed by atoms with E-state index in [0.717, 1.165) is 29.3 Å². The van der Waals surface area contributed by atoms with Gasteiger partial charge in [0.2, 0.25) is 0 Å². The van der Waals surface area contributed by atoms with Crippen molar-refractivity contribution in [2.24, 2.45) is 5.73 Å². The Balaban J connectivity index is 1.70. The predicted molar refractivity (Wildman–Crippen MR) is 83.6 cm³/mol. The first-order valence-corrected chi connectivity index (χ1v) is 7.39. The lowest BCUT2D eigenvalue weighted by atomic mass is 10.3. The molecule has 21 heavy (non-hydrogen) atoms. The molecule has 0 aliphatic carbocycles. The van der Waals surface area contributed by atoms with E-state index in [0.29, 0.717) is 5.69 Å². The number of primary amides is 1. The molecule has 6 nitrogen and oxygen atoms in total. The third kappa shape index (κ3) is 2.73. The predicted octanol–water partition coefficient (Wildman–Crippen LogP) is 1.73. The molecular weight excluding hydrogens is 286 g/mol. The second-order valence-electron chi connectivity index (χ2n) is 4.73. The molecule has 3 aromatic rings. The van der Waals surface area contributed by atoms with Gasteiger partial charge in [0.15, 0.2) is 5.13 Å². The summed E-state index contributed by atoms with van der Waals surface area (Å²) < 4.78 is 2.11. The number of hydrogen-bond donors (Lipinski definition) is 1. The van der Waals surface area contributed by atoms with Crippen molar-refractivity contribution in [3.05, 3.63) is 41.7 Å². The van der Waals surface area contributed by atoms with E-state index in [1.807, 2.05) is 36.5 Å². The van der Waals surface area contributed by atoms with E-state index in [-0.39, 0.29) is 0 Å². The summed E-state index contributed by atoms with van der Waals surface area (Å²) >= 11 is 1.42. The fourth-order valence-electron chi connectivity index (χ4n) is 2.09. The van der Waals surface area contributed by atoms with Crippen molar-refractivity contribution in [2.75, 3.05) is 18.5 Å². The van der Waals surface area contributed by atoms with E-state index in [9.17, 15) is 4.79 Å². The molecule has 3 rings (SSSR count). The molecule has 0 saturated heterocycles. The number of amides is 1. The van der Waals surface area contributed by atoms with Gasteiger partial charge in [0.05, 0.1) is 17.4 Å². The van der Waals surface area contributed by atoms with Crippen LogP contribution in [-0.4, -0.2) is 34.0 Å². The van der Waals surface area contributed by atoms with Crippen LogP contribution in [0.3, 0.4) is 0 Å². The highest BCUT2D eigenvalue weighted by Crippen LogP contribution is 2.19. The molecule has 0 aliphatic rings. The highest BCUT2D eigenvalue weighted by molar-refractivity contribution is 7.13. The first kappa shape index (κ1) is 13.6. The number of fused-ring (bicyclic) bond motifs is 1. The van der Waals surface area contributed by atoms with Gasteiger partial charge in [-0.1, -0.05) is 12.1 Å². The Morgan fingerprint density at radius 3 is 3.00 bits per heavy atom. The van der Waals surface area contributed by atoms with Crippen LogP contribution in [0.15, 0.2) is 36.0 Å². The van der Waals surface area contributed by atoms with Gasteiger partial charge >= 0.3 is 0 Å². The first-order valence-electron chi connectivity index (χ1n) is 6.51. The van der Waals surface area contributed by atoms with E-state index in [1.54, 1.807) is 5.38 Å². The van der Waals surface area contributed by atoms with E-state index >= 15 is 0 Å². The van der Waals surface area contributed by atoms with Crippen LogP contribution in [0.2, 0.25) is 0 Å². The highest BCUT2D eigenvalue weighted by Gasteiger charge is 2.10. The van der Waals surface area contributed by atoms with Gasteiger partial charge in [0.25, 0.3) is 5.91 Å². The molecule has 0 aliphatic heterocycles. The normalized spacial score (nSPS) is 10.9. The molecule has 0 saturated carbocycles. The number of hydrogen-bond acceptors (Lipinski definition) is 5. The number of imidazole rings is 1. The van der Waals surface area contributed by atoms with Crippen LogP contribution in [-0.2, 0) is 6.54 Å². The Bertz CT molecular complexity index is 778. The van der Waals surface area contributed by atoms with Crippen molar-refractivity contribution in [1.82, 2.24) is 14.5 Å². The number of thiazole rings is 1. The Kier molecular flexibility index (Phi) is 3.57. The Morgan fingerprint density at radius 1 is 1.43 bits per heavy atom. The number of nitrogens with two attached hydrogens (primary N) is 1. The van der Waals surface area contributed by atoms with Gasteiger partial charge in [-0.05, 0) is 12.1 Å². The van der Waals surface area contributed by atoms with Gasteiger partial charge in [-0.15, -0.1) is 11.3 Å². The zero-order valence-electron chi connectivity index (χ0n) is 11.6. The summed E-state index contributed by atoms with van der Waals surface area (Å²) in [6.07, 6.45) is 1.84. The number of aromatic nitrogens is 3. The zero-order chi connectivity index (χ0) is 14.8. The molecule has 2 heterocycles. The Hall–Kier alpha value is -2.41. The Morgan fingerprint density at radius 2 is 2.24 bits per heavy atom. The molecule has 1 aromatic carbocycles. The number of carbonyl (C=O) groups excluding carboxylic acids is 1. The summed E-state index contributed by atoms with van der Waals surface area (Å²) in [7, 11) is 1.95. The minimum atomic E-state index is -0.494. The van der Waals surface area contributed by atoms with Crippen LogP contribution in [0.4, 0.5) is 5.13 Å². The number of carbonyl (C=O) groups is 1. The first-order chi connectivity index (χ1) is 10.1. The van der Waals surface area contributed by atoms with Crippen LogP contribution in [0.5, 0.6) is 0 Å². The van der Waals surface area contributed by atoms with Crippen LogP contribution in [0, 0.1) is 0 Å². The van der Waals surface area contributed by atoms with Crippen LogP contribution >= 0.6 is 11.3 Å². The van der Waals surface area contributed by atoms with E-state index in [1.165, 1.54) is 11.3 Å². The summed E-state index contributed by atoms with van der Waals surface area (Å²) in [5, 5.41) is 2.47. The highest BCUT2D eigenvalue weighted by atomic mass is 32.1. The SMILES string of the molecule is CN(CCn1cnc2ccccc21)c1nc(C(N)=O)cs1. The number of anilines is 1. The lowest BCUT2D eigenvalue weighted by Crippen LogP contribution is -2.22. The number of likely N-dealkylation sites (N-methyl/N-ethyl adjacent to an activating group) is 1. The molecule has 0 bridgehead atoms. The van der Waals surface area contributed by atoms with Gasteiger partial charge in [0, 0.05) is 25.5 Å². The third-order valence-corrected chi connectivity index (χ3v) is 4.23. The standard InChI is InChI=1S/C14H15N5OS/c1-18(14-17-11(8-21-14)13(15)20)6-7-19-9-16-10-4-2-3-5-12(10)19/h2-5,8-9H,6-7H2,1H3,(H2,15,20). The van der Waals surface area contributed by atoms with Crippen molar-refractivity contribution >= 4 is 33.4 Å². The van der Waals surface area contributed by atoms with Crippen LogP contribution in [0.25, 0.3) is 11.0 Å². The van der Waals surface area contributed by atoms with Gasteiger partial charge in [-0.3, -0.25) is 4.79 Å². The van der Waals surface area contributed by atoms with E-state index < -0.39 is 5.91 Å². The summed E-state index contributed by atoms with van der Waals surface area (Å²) in [5.74, 6) is -0.494. The molecule has 2 N–H and O–H groups in total. The molecule has 1 amide bonds. The molecule has 108 valence electrons. The molecule has 0 atom stereocenters. The maximum atomic E-state index is 11.1. The van der Waals surface area contributed by atoms with Crippen molar-refractivity contribution < 1.29 is 4.79 Å². The topological polar surface area (TPSA) is 77.0 Å². The van der Waals surface area contributed by atoms with Crippen LogP contribution in [0.1, 0.15) is 10.5 Å². The molecular formula is C14H15N5OS. The fraction of sp³-hybridized carbons (Fsp3) is 0.214. The van der Waals surface area contributed by atoms with Crippen LogP contribution < -0.4 is 10.6 Å². The van der Waals surface area contributed by atoms with Crippen molar-refractivity contribution in [3.63, 3.8) is 0 Å². The second-order valence-corrected chi connectivity index (χ2v) is 5.56. The number of benzene rings is 1. The smallest absolute Gasteiger partial charge is 0.268 e. The van der Waals surface area contributed by atoms with Gasteiger partial charge in [-0.2, -0.15) is 0 Å². The average Bonchev–Trinajstić information content (AvgIpc) is 3.12. The largest absolute Gasteiger partial charge is 0.364 e. The maximum absolute atomic E-state index is 11.1. The second kappa shape index (κ2) is 5.53. The molecule has 0 fully saturated rings. The Labute approximate surface area is 125 Å². The quantitative estimate of drug-likeness (QED) is 0.778. The lowest BCUT2D eigenvalue weighted by Gasteiger charge is -2.16. The van der Waals surface area contributed by atoms with Gasteiger partial charge in [0.1, 0.15) is 5.69 Å². The van der Waals surface area contributed by atoms with Crippen molar-refractivity contribution in [2.45, 2.75) is 6.54 Å².